The third kappa shape index (κ3) is 39.6. The maximum Gasteiger partial charge on any atom is 0.306 e. The highest BCUT2D eigenvalue weighted by molar-refractivity contribution is 5.69. The van der Waals surface area contributed by atoms with Crippen LogP contribution in [-0.4, -0.2) is 18.4 Å². The SMILES string of the molecule is CCCCCCCCCCCCCCCCCC(=O)OC(CCCC)CCCCCCCCCCCCCCCCCCCCCC=O. The Morgan fingerprint density at radius 2 is 0.688 bits per heavy atom. The van der Waals surface area contributed by atoms with E-state index in [9.17, 15) is 9.59 Å². The minimum absolute atomic E-state index is 0.0560. The van der Waals surface area contributed by atoms with Gasteiger partial charge in [0.15, 0.2) is 0 Å². The first-order chi connectivity index (χ1) is 23.7. The van der Waals surface area contributed by atoms with Gasteiger partial charge in [-0.2, -0.15) is 0 Å². The van der Waals surface area contributed by atoms with Crippen molar-refractivity contribution in [2.45, 2.75) is 277 Å². The summed E-state index contributed by atoms with van der Waals surface area (Å²) in [7, 11) is 0. The lowest BCUT2D eigenvalue weighted by atomic mass is 10.0. The number of carbonyl (C=O) groups is 2. The van der Waals surface area contributed by atoms with E-state index in [0.717, 1.165) is 38.4 Å². The number of carbonyl (C=O) groups excluding carboxylic acids is 2. The molecule has 0 aromatic carbocycles. The van der Waals surface area contributed by atoms with Crippen LogP contribution in [0.25, 0.3) is 0 Å². The van der Waals surface area contributed by atoms with E-state index in [2.05, 4.69) is 13.8 Å². The predicted octanol–water partition coefficient (Wildman–Crippen LogP) is 15.7. The Hall–Kier alpha value is -0.860. The van der Waals surface area contributed by atoms with Crippen molar-refractivity contribution in [3.05, 3.63) is 0 Å². The molecular weight excluding hydrogens is 588 g/mol. The molecule has 286 valence electrons. The molecule has 0 spiro atoms. The van der Waals surface area contributed by atoms with Gasteiger partial charge in [0.1, 0.15) is 12.4 Å². The van der Waals surface area contributed by atoms with E-state index in [1.807, 2.05) is 0 Å². The fourth-order valence-corrected chi connectivity index (χ4v) is 7.18. The fraction of sp³-hybridized carbons (Fsp3) is 0.956. The second kappa shape index (κ2) is 42.3. The van der Waals surface area contributed by atoms with Crippen molar-refractivity contribution in [1.82, 2.24) is 0 Å². The highest BCUT2D eigenvalue weighted by Gasteiger charge is 2.14. The summed E-state index contributed by atoms with van der Waals surface area (Å²) in [5.74, 6) is 0.0560. The zero-order valence-corrected chi connectivity index (χ0v) is 33.2. The molecule has 0 aromatic heterocycles. The number of aldehydes is 1. The zero-order valence-electron chi connectivity index (χ0n) is 33.2. The van der Waals surface area contributed by atoms with Gasteiger partial charge in [0.25, 0.3) is 0 Å². The highest BCUT2D eigenvalue weighted by Crippen LogP contribution is 2.19. The molecule has 48 heavy (non-hydrogen) atoms. The molecule has 0 aliphatic carbocycles. The largest absolute Gasteiger partial charge is 0.462 e. The molecule has 0 amide bonds. The van der Waals surface area contributed by atoms with Crippen LogP contribution in [0.4, 0.5) is 0 Å². The molecule has 0 N–H and O–H groups in total. The zero-order chi connectivity index (χ0) is 34.9. The van der Waals surface area contributed by atoms with Crippen molar-refractivity contribution >= 4 is 12.3 Å². The van der Waals surface area contributed by atoms with Gasteiger partial charge in [0.2, 0.25) is 0 Å². The number of unbranched alkanes of at least 4 members (excludes halogenated alkanes) is 34. The Morgan fingerprint density at radius 1 is 0.396 bits per heavy atom. The van der Waals surface area contributed by atoms with Crippen LogP contribution in [0.1, 0.15) is 271 Å². The van der Waals surface area contributed by atoms with E-state index >= 15 is 0 Å². The van der Waals surface area contributed by atoms with Crippen molar-refractivity contribution in [2.24, 2.45) is 0 Å². The van der Waals surface area contributed by atoms with Crippen molar-refractivity contribution in [1.29, 1.82) is 0 Å². The minimum Gasteiger partial charge on any atom is -0.462 e. The standard InChI is InChI=1S/C45H88O3/c1-3-5-7-8-9-10-11-12-19-23-26-29-32-35-38-42-45(47)48-44(40-6-4-2)41-37-34-31-28-25-22-20-17-15-13-14-16-18-21-24-27-30-33-36-39-43-46/h43-44H,3-42H2,1-2H3. The van der Waals surface area contributed by atoms with Gasteiger partial charge in [-0.3, -0.25) is 4.79 Å². The van der Waals surface area contributed by atoms with Crippen LogP contribution in [0, 0.1) is 0 Å². The van der Waals surface area contributed by atoms with Crippen LogP contribution in [-0.2, 0) is 14.3 Å². The molecule has 0 aromatic rings. The average molecular weight is 677 g/mol. The van der Waals surface area contributed by atoms with Gasteiger partial charge in [-0.05, 0) is 32.1 Å². The Kier molecular flexibility index (Phi) is 41.5. The second-order valence-electron chi connectivity index (χ2n) is 15.4. The van der Waals surface area contributed by atoms with E-state index in [1.165, 1.54) is 218 Å². The van der Waals surface area contributed by atoms with E-state index in [-0.39, 0.29) is 12.1 Å². The van der Waals surface area contributed by atoms with Crippen LogP contribution >= 0.6 is 0 Å². The molecule has 0 rings (SSSR count). The third-order valence-electron chi connectivity index (χ3n) is 10.5. The summed E-state index contributed by atoms with van der Waals surface area (Å²) < 4.78 is 5.97. The maximum atomic E-state index is 12.5. The normalized spacial score (nSPS) is 12.0. The fourth-order valence-electron chi connectivity index (χ4n) is 7.18. The molecule has 0 radical (unpaired) electrons. The highest BCUT2D eigenvalue weighted by atomic mass is 16.5. The van der Waals surface area contributed by atoms with Gasteiger partial charge >= 0.3 is 5.97 Å². The number of hydrogen-bond acceptors (Lipinski definition) is 3. The van der Waals surface area contributed by atoms with Crippen LogP contribution in [0.3, 0.4) is 0 Å². The molecule has 3 heteroatoms. The molecule has 0 saturated carbocycles. The van der Waals surface area contributed by atoms with Crippen molar-refractivity contribution in [3.8, 4) is 0 Å². The van der Waals surface area contributed by atoms with Crippen LogP contribution in [0.2, 0.25) is 0 Å². The maximum absolute atomic E-state index is 12.5. The molecule has 3 nitrogen and oxygen atoms in total. The van der Waals surface area contributed by atoms with Crippen molar-refractivity contribution in [2.75, 3.05) is 0 Å². The first-order valence-corrected chi connectivity index (χ1v) is 22.4. The summed E-state index contributed by atoms with van der Waals surface area (Å²) in [6.45, 7) is 4.53. The Labute approximate surface area is 302 Å². The van der Waals surface area contributed by atoms with Gasteiger partial charge in [-0.15, -0.1) is 0 Å². The molecule has 0 aliphatic heterocycles. The number of hydrogen-bond donors (Lipinski definition) is 0. The Bertz CT molecular complexity index is 617. The molecule has 0 fully saturated rings. The lowest BCUT2D eigenvalue weighted by Gasteiger charge is -2.18. The van der Waals surface area contributed by atoms with E-state index in [1.54, 1.807) is 0 Å². The number of ether oxygens (including phenoxy) is 1. The van der Waals surface area contributed by atoms with E-state index in [0.29, 0.717) is 6.42 Å². The van der Waals surface area contributed by atoms with Gasteiger partial charge in [-0.1, -0.05) is 226 Å². The summed E-state index contributed by atoms with van der Waals surface area (Å²) in [6, 6.07) is 0. The lowest BCUT2D eigenvalue weighted by Crippen LogP contribution is -2.18. The molecule has 0 saturated heterocycles. The third-order valence-corrected chi connectivity index (χ3v) is 10.5. The number of esters is 1. The summed E-state index contributed by atoms with van der Waals surface area (Å²) in [6.07, 6.45) is 53.1. The van der Waals surface area contributed by atoms with Gasteiger partial charge in [0, 0.05) is 12.8 Å². The van der Waals surface area contributed by atoms with E-state index in [4.69, 9.17) is 4.74 Å². The van der Waals surface area contributed by atoms with Gasteiger partial charge in [-0.25, -0.2) is 0 Å². The Balaban J connectivity index is 3.53. The molecule has 0 heterocycles. The predicted molar refractivity (Wildman–Crippen MR) is 212 cm³/mol. The smallest absolute Gasteiger partial charge is 0.306 e. The van der Waals surface area contributed by atoms with Crippen molar-refractivity contribution in [3.63, 3.8) is 0 Å². The second-order valence-corrected chi connectivity index (χ2v) is 15.4. The first-order valence-electron chi connectivity index (χ1n) is 22.4. The molecule has 0 bridgehead atoms. The van der Waals surface area contributed by atoms with E-state index < -0.39 is 0 Å². The Morgan fingerprint density at radius 3 is 1.04 bits per heavy atom. The molecule has 0 aliphatic rings. The summed E-state index contributed by atoms with van der Waals surface area (Å²) in [5.41, 5.74) is 0. The average Bonchev–Trinajstić information content (AvgIpc) is 3.09. The lowest BCUT2D eigenvalue weighted by molar-refractivity contribution is -0.150. The minimum atomic E-state index is 0.0560. The van der Waals surface area contributed by atoms with Gasteiger partial charge in [0.05, 0.1) is 0 Å². The topological polar surface area (TPSA) is 43.4 Å². The molecular formula is C45H88O3. The first kappa shape index (κ1) is 47.1. The van der Waals surface area contributed by atoms with Crippen molar-refractivity contribution < 1.29 is 14.3 Å². The summed E-state index contributed by atoms with van der Waals surface area (Å²) in [4.78, 5) is 22.9. The van der Waals surface area contributed by atoms with Crippen LogP contribution in [0.5, 0.6) is 0 Å². The summed E-state index contributed by atoms with van der Waals surface area (Å²) >= 11 is 0. The van der Waals surface area contributed by atoms with Crippen LogP contribution < -0.4 is 0 Å². The monoisotopic (exact) mass is 677 g/mol. The summed E-state index contributed by atoms with van der Waals surface area (Å²) in [5, 5.41) is 0. The molecule has 1 atom stereocenters. The van der Waals surface area contributed by atoms with Crippen LogP contribution in [0.15, 0.2) is 0 Å². The molecule has 1 unspecified atom stereocenters. The number of rotatable bonds is 42. The van der Waals surface area contributed by atoms with Gasteiger partial charge < -0.3 is 9.53 Å². The quantitative estimate of drug-likeness (QED) is 0.0367.